The van der Waals surface area contributed by atoms with E-state index in [9.17, 15) is 13.6 Å². The van der Waals surface area contributed by atoms with Crippen LogP contribution in [0.1, 0.15) is 44.7 Å². The standard InChI is InChI=1S/C29H31ClF2O5/c1-4-20-16-24(10-6-21(20)7-13-29(33)34-5-2)35-15-14-19(3)36-27-11-8-22(30)17-28(27)37-26-12-9-23(31)18-25(26)32/h6,8-12,16-19H,4-5,7,13-15H2,1-3H3/t19-/m1/s1. The van der Waals surface area contributed by atoms with Crippen molar-refractivity contribution in [2.24, 2.45) is 0 Å². The molecule has 3 aromatic rings. The van der Waals surface area contributed by atoms with Crippen LogP contribution in [0.4, 0.5) is 8.78 Å². The van der Waals surface area contributed by atoms with E-state index in [1.54, 1.807) is 19.1 Å². The van der Waals surface area contributed by atoms with Gasteiger partial charge < -0.3 is 18.9 Å². The average Bonchev–Trinajstić information content (AvgIpc) is 2.86. The van der Waals surface area contributed by atoms with Crippen LogP contribution in [0.2, 0.25) is 5.02 Å². The molecule has 1 atom stereocenters. The Morgan fingerprint density at radius 3 is 2.46 bits per heavy atom. The van der Waals surface area contributed by atoms with Crippen LogP contribution in [0.5, 0.6) is 23.0 Å². The van der Waals surface area contributed by atoms with Gasteiger partial charge in [0, 0.05) is 30.0 Å². The van der Waals surface area contributed by atoms with Crippen molar-refractivity contribution in [3.8, 4) is 23.0 Å². The van der Waals surface area contributed by atoms with Gasteiger partial charge in [-0.05, 0) is 74.2 Å². The first-order valence-electron chi connectivity index (χ1n) is 12.3. The number of aryl methyl sites for hydroxylation is 2. The summed E-state index contributed by atoms with van der Waals surface area (Å²) >= 11 is 6.09. The number of ether oxygens (including phenoxy) is 4. The van der Waals surface area contributed by atoms with E-state index >= 15 is 0 Å². The molecule has 198 valence electrons. The van der Waals surface area contributed by atoms with Crippen molar-refractivity contribution in [2.45, 2.75) is 52.6 Å². The summed E-state index contributed by atoms with van der Waals surface area (Å²) < 4.78 is 49.9. The summed E-state index contributed by atoms with van der Waals surface area (Å²) in [4.78, 5) is 11.7. The first kappa shape index (κ1) is 28.3. The number of hydrogen-bond acceptors (Lipinski definition) is 5. The minimum atomic E-state index is -0.828. The largest absolute Gasteiger partial charge is 0.493 e. The lowest BCUT2D eigenvalue weighted by Gasteiger charge is -2.18. The number of esters is 1. The maximum atomic E-state index is 14.1. The highest BCUT2D eigenvalue weighted by Gasteiger charge is 2.15. The van der Waals surface area contributed by atoms with E-state index in [0.717, 1.165) is 35.4 Å². The van der Waals surface area contributed by atoms with Crippen molar-refractivity contribution >= 4 is 17.6 Å². The van der Waals surface area contributed by atoms with Crippen molar-refractivity contribution < 1.29 is 32.5 Å². The molecular formula is C29H31ClF2O5. The SMILES string of the molecule is CCOC(=O)CCc1ccc(OCC[C@@H](C)Oc2ccc(Cl)cc2Oc2ccc(F)cc2F)cc1CC. The molecule has 0 N–H and O–H groups in total. The van der Waals surface area contributed by atoms with Gasteiger partial charge in [-0.3, -0.25) is 4.79 Å². The molecule has 3 rings (SSSR count). The van der Waals surface area contributed by atoms with Crippen molar-refractivity contribution in [2.75, 3.05) is 13.2 Å². The number of rotatable bonds is 13. The first-order chi connectivity index (χ1) is 17.8. The number of carbonyl (C=O) groups excluding carboxylic acids is 1. The molecule has 0 amide bonds. The summed E-state index contributed by atoms with van der Waals surface area (Å²) in [6.45, 7) is 6.53. The normalized spacial score (nSPS) is 11.6. The van der Waals surface area contributed by atoms with Gasteiger partial charge in [-0.2, -0.15) is 0 Å². The van der Waals surface area contributed by atoms with Gasteiger partial charge in [0.1, 0.15) is 11.6 Å². The van der Waals surface area contributed by atoms with Gasteiger partial charge in [-0.25, -0.2) is 8.78 Å². The summed E-state index contributed by atoms with van der Waals surface area (Å²) in [7, 11) is 0. The fourth-order valence-electron chi connectivity index (χ4n) is 3.69. The molecule has 8 heteroatoms. The third kappa shape index (κ3) is 8.64. The summed E-state index contributed by atoms with van der Waals surface area (Å²) in [5.41, 5.74) is 2.23. The second-order valence-corrected chi connectivity index (χ2v) is 8.86. The molecule has 0 spiro atoms. The van der Waals surface area contributed by atoms with Gasteiger partial charge in [-0.15, -0.1) is 0 Å². The van der Waals surface area contributed by atoms with Crippen LogP contribution >= 0.6 is 11.6 Å². The maximum Gasteiger partial charge on any atom is 0.306 e. The average molecular weight is 533 g/mol. The molecule has 0 saturated heterocycles. The molecule has 0 aliphatic heterocycles. The summed E-state index contributed by atoms with van der Waals surface area (Å²) in [5, 5.41) is 0.387. The molecule has 0 bridgehead atoms. The van der Waals surface area contributed by atoms with E-state index in [1.165, 1.54) is 12.1 Å². The number of hydrogen-bond donors (Lipinski definition) is 0. The zero-order valence-electron chi connectivity index (χ0n) is 21.2. The topological polar surface area (TPSA) is 54.0 Å². The maximum absolute atomic E-state index is 14.1. The van der Waals surface area contributed by atoms with E-state index in [-0.39, 0.29) is 23.6 Å². The van der Waals surface area contributed by atoms with Gasteiger partial charge >= 0.3 is 5.97 Å². The van der Waals surface area contributed by atoms with Gasteiger partial charge in [0.05, 0.1) is 19.3 Å². The number of carbonyl (C=O) groups is 1. The summed E-state index contributed by atoms with van der Waals surface area (Å²) in [6, 6.07) is 13.7. The Morgan fingerprint density at radius 1 is 0.946 bits per heavy atom. The Morgan fingerprint density at radius 2 is 1.73 bits per heavy atom. The van der Waals surface area contributed by atoms with Crippen LogP contribution in [0.25, 0.3) is 0 Å². The zero-order chi connectivity index (χ0) is 26.8. The Balaban J connectivity index is 1.56. The van der Waals surface area contributed by atoms with Crippen LogP contribution < -0.4 is 14.2 Å². The van der Waals surface area contributed by atoms with E-state index in [2.05, 4.69) is 6.92 Å². The molecule has 3 aromatic carbocycles. The van der Waals surface area contributed by atoms with E-state index in [1.807, 2.05) is 25.1 Å². The smallest absolute Gasteiger partial charge is 0.306 e. The second-order valence-electron chi connectivity index (χ2n) is 8.42. The van der Waals surface area contributed by atoms with Crippen LogP contribution in [-0.4, -0.2) is 25.3 Å². The summed E-state index contributed by atoms with van der Waals surface area (Å²) in [6.07, 6.45) is 2.11. The monoisotopic (exact) mass is 532 g/mol. The molecule has 0 aliphatic rings. The van der Waals surface area contributed by atoms with Gasteiger partial charge in [0.25, 0.3) is 0 Å². The van der Waals surface area contributed by atoms with Crippen molar-refractivity contribution in [3.63, 3.8) is 0 Å². The quantitative estimate of drug-likeness (QED) is 0.211. The van der Waals surface area contributed by atoms with E-state index in [0.29, 0.717) is 43.2 Å². The molecular weight excluding hydrogens is 502 g/mol. The van der Waals surface area contributed by atoms with Crippen molar-refractivity contribution in [3.05, 3.63) is 82.4 Å². The highest BCUT2D eigenvalue weighted by atomic mass is 35.5. The second kappa shape index (κ2) is 13.8. The lowest BCUT2D eigenvalue weighted by Crippen LogP contribution is -2.16. The molecule has 0 unspecified atom stereocenters. The molecule has 0 aliphatic carbocycles. The highest BCUT2D eigenvalue weighted by Crippen LogP contribution is 2.36. The van der Waals surface area contributed by atoms with E-state index < -0.39 is 11.6 Å². The molecule has 0 heterocycles. The van der Waals surface area contributed by atoms with Crippen LogP contribution in [0.15, 0.2) is 54.6 Å². The van der Waals surface area contributed by atoms with Crippen molar-refractivity contribution in [1.82, 2.24) is 0 Å². The zero-order valence-corrected chi connectivity index (χ0v) is 21.9. The third-order valence-electron chi connectivity index (χ3n) is 5.60. The predicted octanol–water partition coefficient (Wildman–Crippen LogP) is 7.71. The molecule has 37 heavy (non-hydrogen) atoms. The van der Waals surface area contributed by atoms with Crippen LogP contribution in [-0.2, 0) is 22.4 Å². The minimum Gasteiger partial charge on any atom is -0.493 e. The molecule has 0 radical (unpaired) electrons. The Labute approximate surface area is 221 Å². The van der Waals surface area contributed by atoms with Crippen molar-refractivity contribution in [1.29, 1.82) is 0 Å². The Kier molecular flexibility index (Phi) is 10.6. The molecule has 0 fully saturated rings. The lowest BCUT2D eigenvalue weighted by molar-refractivity contribution is -0.143. The summed E-state index contributed by atoms with van der Waals surface area (Å²) in [5.74, 6) is -0.523. The van der Waals surface area contributed by atoms with Crippen LogP contribution in [0.3, 0.4) is 0 Å². The van der Waals surface area contributed by atoms with Gasteiger partial charge in [-0.1, -0.05) is 24.6 Å². The first-order valence-corrected chi connectivity index (χ1v) is 12.7. The highest BCUT2D eigenvalue weighted by molar-refractivity contribution is 6.30. The fraction of sp³-hybridized carbons (Fsp3) is 0.345. The predicted molar refractivity (Wildman–Crippen MR) is 139 cm³/mol. The fourth-order valence-corrected chi connectivity index (χ4v) is 3.85. The Hall–Kier alpha value is -3.32. The van der Waals surface area contributed by atoms with Crippen LogP contribution in [0, 0.1) is 11.6 Å². The molecule has 0 aromatic heterocycles. The lowest BCUT2D eigenvalue weighted by atomic mass is 10.0. The Bertz CT molecular complexity index is 1200. The number of benzene rings is 3. The third-order valence-corrected chi connectivity index (χ3v) is 5.84. The van der Waals surface area contributed by atoms with Gasteiger partial charge in [0.15, 0.2) is 23.1 Å². The van der Waals surface area contributed by atoms with E-state index in [4.69, 9.17) is 30.5 Å². The minimum absolute atomic E-state index is 0.137. The number of halogens is 3. The molecule has 0 saturated carbocycles. The van der Waals surface area contributed by atoms with Gasteiger partial charge in [0.2, 0.25) is 0 Å². The molecule has 5 nitrogen and oxygen atoms in total.